The van der Waals surface area contributed by atoms with Gasteiger partial charge in [0.25, 0.3) is 0 Å². The Hall–Kier alpha value is -2.27. The van der Waals surface area contributed by atoms with E-state index in [0.29, 0.717) is 10.8 Å². The highest BCUT2D eigenvalue weighted by atomic mass is 32.2. The molecule has 0 aromatic heterocycles. The maximum atomic E-state index is 12.8. The molecule has 6 nitrogen and oxygen atoms in total. The van der Waals surface area contributed by atoms with E-state index in [-0.39, 0.29) is 17.6 Å². The minimum atomic E-state index is -6.03. The smallest absolute Gasteiger partial charge is 0.464 e. The molecule has 2 rings (SSSR count). The summed E-state index contributed by atoms with van der Waals surface area (Å²) in [6, 6.07) is 5.97. The van der Waals surface area contributed by atoms with Gasteiger partial charge in [-0.3, -0.25) is 0 Å². The molecule has 1 N–H and O–H groups in total. The van der Waals surface area contributed by atoms with E-state index in [1.54, 1.807) is 20.0 Å². The van der Waals surface area contributed by atoms with E-state index in [1.165, 1.54) is 26.0 Å². The Morgan fingerprint density at radius 2 is 1.81 bits per heavy atom. The van der Waals surface area contributed by atoms with Crippen LogP contribution in [0, 0.1) is 6.92 Å². The number of hydrogen-bond donors (Lipinski definition) is 1. The van der Waals surface area contributed by atoms with Crippen LogP contribution in [0.1, 0.15) is 24.2 Å². The van der Waals surface area contributed by atoms with Gasteiger partial charge in [-0.1, -0.05) is 29.7 Å². The Kier molecular flexibility index (Phi) is 5.76. The monoisotopic (exact) mass is 404 g/mol. The number of halogens is 3. The molecule has 0 heterocycles. The normalized spacial score (nSPS) is 13.4. The lowest BCUT2D eigenvalue weighted by molar-refractivity contribution is -0.153. The Bertz CT molecular complexity index is 988. The fraction of sp³-hybridized carbons (Fsp3) is 0.312. The predicted molar refractivity (Wildman–Crippen MR) is 94.1 cm³/mol. The second-order valence-electron chi connectivity index (χ2n) is 5.68. The number of aliphatic hydroxyl groups excluding tert-OH is 1. The lowest BCUT2D eigenvalue weighted by Crippen LogP contribution is -2.30. The maximum absolute atomic E-state index is 12.8. The fourth-order valence-electron chi connectivity index (χ4n) is 2.64. The van der Waals surface area contributed by atoms with Crippen molar-refractivity contribution in [3.63, 3.8) is 0 Å². The summed E-state index contributed by atoms with van der Waals surface area (Å²) >= 11 is 0. The molecule has 0 aliphatic rings. The highest BCUT2D eigenvalue weighted by Crippen LogP contribution is 2.38. The summed E-state index contributed by atoms with van der Waals surface area (Å²) < 4.78 is 70.8. The van der Waals surface area contributed by atoms with Gasteiger partial charge >= 0.3 is 21.6 Å². The summed E-state index contributed by atoms with van der Waals surface area (Å²) in [6.07, 6.45) is -2.02. The maximum Gasteiger partial charge on any atom is 0.534 e. The van der Waals surface area contributed by atoms with Crippen molar-refractivity contribution >= 4 is 40.2 Å². The molecule has 2 aromatic rings. The summed E-state index contributed by atoms with van der Waals surface area (Å²) in [5, 5.41) is 10.8. The lowest BCUT2D eigenvalue weighted by Gasteiger charge is -2.22. The van der Waals surface area contributed by atoms with Crippen LogP contribution in [0.2, 0.25) is 0 Å². The Morgan fingerprint density at radius 1 is 1.26 bits per heavy atom. The molecule has 0 aliphatic heterocycles. The van der Waals surface area contributed by atoms with E-state index in [2.05, 4.69) is 4.18 Å². The molecule has 0 fully saturated rings. The molecule has 11 heteroatoms. The van der Waals surface area contributed by atoms with Crippen molar-refractivity contribution in [2.75, 3.05) is 6.61 Å². The fourth-order valence-corrected chi connectivity index (χ4v) is 3.14. The number of carbonyl (C=O) groups excluding carboxylic acids is 1. The van der Waals surface area contributed by atoms with Gasteiger partial charge in [0.15, 0.2) is 11.9 Å². The Balaban J connectivity index is 2.84. The van der Waals surface area contributed by atoms with Crippen LogP contribution in [-0.4, -0.2) is 39.5 Å². The van der Waals surface area contributed by atoms with Crippen molar-refractivity contribution in [1.29, 1.82) is 0 Å². The second-order valence-corrected chi connectivity index (χ2v) is 7.21. The summed E-state index contributed by atoms with van der Waals surface area (Å²) in [5.74, 6) is -1.89. The van der Waals surface area contributed by atoms with Crippen molar-refractivity contribution in [2.45, 2.75) is 25.5 Å². The number of aliphatic hydroxyl groups is 1. The summed E-state index contributed by atoms with van der Waals surface area (Å²) in [6.45, 7) is 2.83. The van der Waals surface area contributed by atoms with E-state index >= 15 is 0 Å². The van der Waals surface area contributed by atoms with Crippen molar-refractivity contribution < 1.29 is 40.4 Å². The number of alkyl halides is 3. The molecule has 146 valence electrons. The Labute approximate surface area is 154 Å². The molecule has 2 aromatic carbocycles. The topological polar surface area (TPSA) is 89.9 Å². The first-order chi connectivity index (χ1) is 12.4. The van der Waals surface area contributed by atoms with E-state index in [0.717, 1.165) is 0 Å². The molecule has 0 radical (unpaired) electrons. The van der Waals surface area contributed by atoms with Crippen molar-refractivity contribution in [3.05, 3.63) is 35.4 Å². The largest absolute Gasteiger partial charge is 0.534 e. The molecule has 0 unspecified atom stereocenters. The molecular formula is C16H16BF3O6S. The van der Waals surface area contributed by atoms with Gasteiger partial charge in [0.2, 0.25) is 0 Å². The van der Waals surface area contributed by atoms with Crippen LogP contribution in [0.25, 0.3) is 10.8 Å². The van der Waals surface area contributed by atoms with Crippen LogP contribution in [0.5, 0.6) is 5.75 Å². The molecule has 0 spiro atoms. The lowest BCUT2D eigenvalue weighted by atomic mass is 9.81. The number of hydrogen-bond acceptors (Lipinski definition) is 6. The second kappa shape index (κ2) is 7.39. The minimum Gasteiger partial charge on any atom is -0.464 e. The average molecular weight is 404 g/mol. The van der Waals surface area contributed by atoms with Gasteiger partial charge in [0.05, 0.1) is 6.61 Å². The van der Waals surface area contributed by atoms with Crippen LogP contribution in [0.4, 0.5) is 13.2 Å². The predicted octanol–water partition coefficient (Wildman–Crippen LogP) is 1.23. The SMILES string of the molecule is Bc1c(C)c([C@H](O)C(=O)OCC)c(OS(=O)(=O)C(F)(F)F)c2ccccc12. The van der Waals surface area contributed by atoms with Crippen LogP contribution in [0.3, 0.4) is 0 Å². The third kappa shape index (κ3) is 3.88. The number of ether oxygens (including phenoxy) is 1. The van der Waals surface area contributed by atoms with Gasteiger partial charge in [-0.25, -0.2) is 4.79 Å². The van der Waals surface area contributed by atoms with Gasteiger partial charge in [0, 0.05) is 10.9 Å². The summed E-state index contributed by atoms with van der Waals surface area (Å²) in [4.78, 5) is 12.0. The molecule has 27 heavy (non-hydrogen) atoms. The van der Waals surface area contributed by atoms with Gasteiger partial charge < -0.3 is 14.0 Å². The first kappa shape index (κ1) is 21.0. The Morgan fingerprint density at radius 3 is 2.33 bits per heavy atom. The molecule has 0 saturated heterocycles. The molecule has 0 bridgehead atoms. The van der Waals surface area contributed by atoms with Crippen LogP contribution in [-0.2, 0) is 19.6 Å². The van der Waals surface area contributed by atoms with Gasteiger partial charge in [-0.2, -0.15) is 21.6 Å². The van der Waals surface area contributed by atoms with E-state index in [9.17, 15) is 31.5 Å². The molecule has 0 saturated carbocycles. The minimum absolute atomic E-state index is 0.00627. The van der Waals surface area contributed by atoms with E-state index in [4.69, 9.17) is 4.74 Å². The number of carbonyl (C=O) groups is 1. The standard InChI is InChI=1S/C16H16BF3O6S/c1-3-25-15(22)13(21)11-8(2)12(17)9-6-4-5-7-10(9)14(11)26-27(23,24)16(18,19)20/h4-7,13,21H,3,17H2,1-2H3/t13-/m0/s1. The molecule has 0 amide bonds. The van der Waals surface area contributed by atoms with Crippen molar-refractivity contribution in [1.82, 2.24) is 0 Å². The number of rotatable bonds is 5. The third-order valence-corrected chi connectivity index (χ3v) is 5.00. The zero-order valence-electron chi connectivity index (χ0n) is 14.6. The van der Waals surface area contributed by atoms with E-state index < -0.39 is 39.0 Å². The molecule has 1 atom stereocenters. The van der Waals surface area contributed by atoms with E-state index in [1.807, 2.05) is 0 Å². The third-order valence-electron chi connectivity index (χ3n) is 4.05. The summed E-state index contributed by atoms with van der Waals surface area (Å²) in [5.41, 5.74) is -5.32. The van der Waals surface area contributed by atoms with Crippen molar-refractivity contribution in [3.8, 4) is 5.75 Å². The zero-order valence-corrected chi connectivity index (χ0v) is 15.4. The zero-order chi connectivity index (χ0) is 20.6. The molecular weight excluding hydrogens is 388 g/mol. The highest BCUT2D eigenvalue weighted by Gasteiger charge is 2.49. The van der Waals surface area contributed by atoms with Crippen LogP contribution >= 0.6 is 0 Å². The first-order valence-corrected chi connectivity index (χ1v) is 9.20. The first-order valence-electron chi connectivity index (χ1n) is 7.79. The van der Waals surface area contributed by atoms with Gasteiger partial charge in [0.1, 0.15) is 7.85 Å². The van der Waals surface area contributed by atoms with Crippen LogP contribution in [0.15, 0.2) is 24.3 Å². The number of fused-ring (bicyclic) bond motifs is 1. The van der Waals surface area contributed by atoms with Crippen LogP contribution < -0.4 is 9.65 Å². The highest BCUT2D eigenvalue weighted by molar-refractivity contribution is 7.88. The quantitative estimate of drug-likeness (QED) is 0.349. The van der Waals surface area contributed by atoms with Crippen molar-refractivity contribution in [2.24, 2.45) is 0 Å². The molecule has 0 aliphatic carbocycles. The average Bonchev–Trinajstić information content (AvgIpc) is 2.58. The summed E-state index contributed by atoms with van der Waals surface area (Å²) in [7, 11) is -4.40. The number of benzene rings is 2. The van der Waals surface area contributed by atoms with Gasteiger partial charge in [-0.05, 0) is 24.8 Å². The van der Waals surface area contributed by atoms with Gasteiger partial charge in [-0.15, -0.1) is 0 Å². The number of esters is 1.